The van der Waals surface area contributed by atoms with E-state index < -0.39 is 17.3 Å². The van der Waals surface area contributed by atoms with Gasteiger partial charge in [0, 0.05) is 70.0 Å². The molecule has 1 N–H and O–H groups in total. The molecule has 3 unspecified atom stereocenters. The summed E-state index contributed by atoms with van der Waals surface area (Å²) in [4.78, 5) is 2.61. The van der Waals surface area contributed by atoms with Gasteiger partial charge in [0.15, 0.2) is 0 Å². The van der Waals surface area contributed by atoms with Crippen molar-refractivity contribution in [3.63, 3.8) is 0 Å². The van der Waals surface area contributed by atoms with E-state index in [0.29, 0.717) is 18.4 Å². The van der Waals surface area contributed by atoms with Crippen molar-refractivity contribution in [3.8, 4) is 0 Å². The van der Waals surface area contributed by atoms with E-state index in [2.05, 4.69) is 11.8 Å². The molecule has 7 rings (SSSR count). The van der Waals surface area contributed by atoms with Crippen LogP contribution in [-0.2, 0) is 28.4 Å². The number of likely N-dealkylation sites (tertiary alicyclic amines) is 1. The maximum Gasteiger partial charge on any atom is 0.148 e. The summed E-state index contributed by atoms with van der Waals surface area (Å²) in [5.41, 5.74) is -1.83. The Labute approximate surface area is 202 Å². The highest BCUT2D eigenvalue weighted by molar-refractivity contribution is 5.42. The topological polar surface area (TPSA) is 78.9 Å². The lowest BCUT2D eigenvalue weighted by Gasteiger charge is -2.70. The van der Waals surface area contributed by atoms with E-state index in [1.54, 1.807) is 7.11 Å². The Bertz CT molecular complexity index is 859. The first-order chi connectivity index (χ1) is 16.5. The molecule has 0 aromatic heterocycles. The number of piperidine rings is 1. The van der Waals surface area contributed by atoms with Gasteiger partial charge in [-0.15, -0.1) is 0 Å². The average molecular weight is 480 g/mol. The lowest BCUT2D eigenvalue weighted by molar-refractivity contribution is -0.287. The summed E-state index contributed by atoms with van der Waals surface area (Å²) >= 11 is 0. The minimum atomic E-state index is -0.825. The molecule has 192 valence electrons. The number of nitrogens with zero attached hydrogens (tertiary/aromatic N) is 1. The second-order valence-electron chi connectivity index (χ2n) is 12.2. The summed E-state index contributed by atoms with van der Waals surface area (Å²) in [6.45, 7) is 4.93. The zero-order chi connectivity index (χ0) is 23.7. The Morgan fingerprint density at radius 1 is 1.09 bits per heavy atom. The molecule has 0 amide bonds. The minimum absolute atomic E-state index is 0.0240. The lowest BCUT2D eigenvalue weighted by Crippen LogP contribution is -2.81. The first-order valence-corrected chi connectivity index (χ1v) is 13.2. The molecule has 7 bridgehead atoms. The predicted octanol–water partition coefficient (Wildman–Crippen LogP) is 1.29. The van der Waals surface area contributed by atoms with Gasteiger partial charge in [-0.05, 0) is 31.7 Å². The SMILES string of the molecule is CCN1C[C@]2(COC)CC[C@H](OC)[C@@]34C5C[C@H]6[C@@H](OC)C[C@@]7(OCO[C@]7([C@@H](O)C23)[C@@H]14)C5[C@H]6OC. The molecule has 5 aliphatic carbocycles. The summed E-state index contributed by atoms with van der Waals surface area (Å²) < 4.78 is 38.3. The molecule has 2 aliphatic heterocycles. The summed E-state index contributed by atoms with van der Waals surface area (Å²) in [6, 6.07) is 0.0378. The number of aliphatic hydroxyl groups is 1. The van der Waals surface area contributed by atoms with Crippen LogP contribution in [0.2, 0.25) is 0 Å². The van der Waals surface area contributed by atoms with Gasteiger partial charge in [0.25, 0.3) is 0 Å². The Balaban J connectivity index is 1.55. The Morgan fingerprint density at radius 2 is 1.91 bits per heavy atom. The number of aliphatic hydroxyl groups excluding tert-OH is 1. The van der Waals surface area contributed by atoms with Crippen LogP contribution in [0.25, 0.3) is 0 Å². The fourth-order valence-corrected chi connectivity index (χ4v) is 11.7. The Kier molecular flexibility index (Phi) is 4.81. The first kappa shape index (κ1) is 22.8. The van der Waals surface area contributed by atoms with Gasteiger partial charge in [0.05, 0.1) is 37.1 Å². The molecule has 34 heavy (non-hydrogen) atoms. The molecule has 8 nitrogen and oxygen atoms in total. The quantitative estimate of drug-likeness (QED) is 0.611. The average Bonchev–Trinajstić information content (AvgIpc) is 3.42. The number of fused-ring (bicyclic) bond motifs is 1. The van der Waals surface area contributed by atoms with Gasteiger partial charge in [-0.1, -0.05) is 6.92 Å². The largest absolute Gasteiger partial charge is 0.390 e. The summed E-state index contributed by atoms with van der Waals surface area (Å²) in [5.74, 6) is 0.813. The van der Waals surface area contributed by atoms with Gasteiger partial charge in [0.2, 0.25) is 0 Å². The van der Waals surface area contributed by atoms with Crippen molar-refractivity contribution in [2.75, 3.05) is 54.9 Å². The normalized spacial score (nSPS) is 61.1. The van der Waals surface area contributed by atoms with E-state index in [-0.39, 0.29) is 53.8 Å². The Morgan fingerprint density at radius 3 is 2.59 bits per heavy atom. The van der Waals surface area contributed by atoms with Crippen molar-refractivity contribution in [3.05, 3.63) is 0 Å². The van der Waals surface area contributed by atoms with Crippen LogP contribution in [0.5, 0.6) is 0 Å². The highest BCUT2D eigenvalue weighted by Gasteiger charge is 2.93. The van der Waals surface area contributed by atoms with Gasteiger partial charge in [-0.25, -0.2) is 0 Å². The third-order valence-corrected chi connectivity index (χ3v) is 12.0. The molecule has 13 atom stereocenters. The Hall–Kier alpha value is -0.320. The minimum Gasteiger partial charge on any atom is -0.390 e. The summed E-state index contributed by atoms with van der Waals surface area (Å²) in [6.07, 6.45) is 3.20. The van der Waals surface area contributed by atoms with Crippen molar-refractivity contribution < 1.29 is 33.5 Å². The van der Waals surface area contributed by atoms with Crippen molar-refractivity contribution >= 4 is 0 Å². The van der Waals surface area contributed by atoms with Crippen LogP contribution in [-0.4, -0.2) is 107 Å². The van der Waals surface area contributed by atoms with Crippen molar-refractivity contribution in [1.29, 1.82) is 0 Å². The molecule has 0 aromatic carbocycles. The van der Waals surface area contributed by atoms with E-state index in [4.69, 9.17) is 28.4 Å². The third-order valence-electron chi connectivity index (χ3n) is 12.0. The van der Waals surface area contributed by atoms with Gasteiger partial charge in [-0.2, -0.15) is 0 Å². The molecule has 0 aromatic rings. The van der Waals surface area contributed by atoms with Crippen LogP contribution in [0, 0.1) is 34.5 Å². The van der Waals surface area contributed by atoms with E-state index in [9.17, 15) is 5.11 Å². The van der Waals surface area contributed by atoms with Crippen LogP contribution < -0.4 is 0 Å². The summed E-state index contributed by atoms with van der Waals surface area (Å²) in [7, 11) is 7.32. The molecule has 3 spiro atoms. The fourth-order valence-electron chi connectivity index (χ4n) is 11.7. The predicted molar refractivity (Wildman–Crippen MR) is 121 cm³/mol. The smallest absolute Gasteiger partial charge is 0.148 e. The number of hydrogen-bond acceptors (Lipinski definition) is 8. The van der Waals surface area contributed by atoms with Gasteiger partial charge < -0.3 is 33.5 Å². The molecule has 2 saturated heterocycles. The molecule has 0 radical (unpaired) electrons. The van der Waals surface area contributed by atoms with Crippen molar-refractivity contribution in [1.82, 2.24) is 4.90 Å². The summed E-state index contributed by atoms with van der Waals surface area (Å²) in [5, 5.41) is 12.6. The van der Waals surface area contributed by atoms with E-state index >= 15 is 0 Å². The number of likely N-dealkylation sites (N-methyl/N-ethyl adjacent to an activating group) is 1. The highest BCUT2D eigenvalue weighted by atomic mass is 16.7. The van der Waals surface area contributed by atoms with Crippen LogP contribution >= 0.6 is 0 Å². The highest BCUT2D eigenvalue weighted by Crippen LogP contribution is 2.82. The molecular weight excluding hydrogens is 438 g/mol. The zero-order valence-electron chi connectivity index (χ0n) is 21.2. The maximum atomic E-state index is 12.6. The lowest BCUT2D eigenvalue weighted by atomic mass is 9.42. The van der Waals surface area contributed by atoms with Crippen LogP contribution in [0.4, 0.5) is 0 Å². The van der Waals surface area contributed by atoms with Gasteiger partial charge >= 0.3 is 0 Å². The number of hydrogen-bond donors (Lipinski definition) is 1. The molecule has 7 fully saturated rings. The second kappa shape index (κ2) is 7.16. The van der Waals surface area contributed by atoms with Gasteiger partial charge in [-0.3, -0.25) is 4.90 Å². The number of rotatable bonds is 6. The van der Waals surface area contributed by atoms with E-state index in [1.165, 1.54) is 0 Å². The van der Waals surface area contributed by atoms with Gasteiger partial charge in [0.1, 0.15) is 18.0 Å². The molecule has 8 heteroatoms. The molecule has 5 saturated carbocycles. The van der Waals surface area contributed by atoms with E-state index in [0.717, 1.165) is 38.8 Å². The monoisotopic (exact) mass is 479 g/mol. The van der Waals surface area contributed by atoms with Crippen molar-refractivity contribution in [2.24, 2.45) is 34.5 Å². The fraction of sp³-hybridized carbons (Fsp3) is 1.00. The molecular formula is C26H41NO7. The molecule has 7 aliphatic rings. The number of ether oxygens (including phenoxy) is 6. The van der Waals surface area contributed by atoms with Crippen molar-refractivity contribution in [2.45, 2.75) is 74.3 Å². The molecule has 2 heterocycles. The second-order valence-corrected chi connectivity index (χ2v) is 12.2. The van der Waals surface area contributed by atoms with Crippen LogP contribution in [0.1, 0.15) is 32.6 Å². The maximum absolute atomic E-state index is 12.6. The van der Waals surface area contributed by atoms with Crippen LogP contribution in [0.15, 0.2) is 0 Å². The third kappa shape index (κ3) is 2.05. The zero-order valence-corrected chi connectivity index (χ0v) is 21.2. The number of methoxy groups -OCH3 is 4. The van der Waals surface area contributed by atoms with Crippen LogP contribution in [0.3, 0.4) is 0 Å². The first-order valence-electron chi connectivity index (χ1n) is 13.2. The van der Waals surface area contributed by atoms with E-state index in [1.807, 2.05) is 21.3 Å². The standard InChI is InChI=1S/C26H41NO7/c1-6-27-11-23(12-29-2)8-7-17(31-4)25-15-9-14-16(30-3)10-24(18(15)19(14)32-5)26(22(25)27,34-13-33-24)21(28)20(23)25/h14-22,28H,6-13H2,1-5H3/t14-,15?,16-,17-,18?,19-,20?,21-,22-,23-,24+,25-,26+/m0/s1.